The van der Waals surface area contributed by atoms with Crippen molar-refractivity contribution in [3.63, 3.8) is 0 Å². The molecule has 116 valence electrons. The highest BCUT2D eigenvalue weighted by Crippen LogP contribution is 2.36. The molecule has 1 saturated carbocycles. The SMILES string of the molecule is CN(CCN1CCOCC1)C1CCC2(CC1)OCCO2. The smallest absolute Gasteiger partial charge is 0.168 e. The number of morpholine rings is 1. The van der Waals surface area contributed by atoms with Gasteiger partial charge in [-0.3, -0.25) is 4.90 Å². The van der Waals surface area contributed by atoms with E-state index in [9.17, 15) is 0 Å². The third kappa shape index (κ3) is 3.52. The Bertz CT molecular complexity index is 291. The van der Waals surface area contributed by atoms with E-state index >= 15 is 0 Å². The van der Waals surface area contributed by atoms with Crippen LogP contribution >= 0.6 is 0 Å². The zero-order chi connectivity index (χ0) is 13.8. The normalized spacial score (nSPS) is 28.5. The first-order chi connectivity index (χ1) is 9.77. The van der Waals surface area contributed by atoms with Crippen LogP contribution in [0.4, 0.5) is 0 Å². The van der Waals surface area contributed by atoms with Gasteiger partial charge in [0, 0.05) is 45.1 Å². The molecule has 3 fully saturated rings. The van der Waals surface area contributed by atoms with Crippen LogP contribution in [0.2, 0.25) is 0 Å². The first-order valence-electron chi connectivity index (χ1n) is 8.06. The molecule has 0 atom stereocenters. The molecule has 20 heavy (non-hydrogen) atoms. The number of hydrogen-bond acceptors (Lipinski definition) is 5. The average Bonchev–Trinajstić information content (AvgIpc) is 2.95. The molecule has 5 heteroatoms. The minimum absolute atomic E-state index is 0.221. The molecule has 5 nitrogen and oxygen atoms in total. The second-order valence-electron chi connectivity index (χ2n) is 6.27. The lowest BCUT2D eigenvalue weighted by molar-refractivity contribution is -0.183. The summed E-state index contributed by atoms with van der Waals surface area (Å²) >= 11 is 0. The van der Waals surface area contributed by atoms with E-state index in [-0.39, 0.29) is 5.79 Å². The van der Waals surface area contributed by atoms with Crippen LogP contribution in [0.5, 0.6) is 0 Å². The van der Waals surface area contributed by atoms with Crippen LogP contribution in [0.1, 0.15) is 25.7 Å². The molecule has 0 bridgehead atoms. The van der Waals surface area contributed by atoms with E-state index in [1.165, 1.54) is 12.8 Å². The number of ether oxygens (including phenoxy) is 3. The summed E-state index contributed by atoms with van der Waals surface area (Å²) in [6.45, 7) is 7.82. The van der Waals surface area contributed by atoms with Crippen LogP contribution in [0.3, 0.4) is 0 Å². The van der Waals surface area contributed by atoms with Gasteiger partial charge in [-0.2, -0.15) is 0 Å². The van der Waals surface area contributed by atoms with E-state index in [0.717, 1.165) is 65.4 Å². The Morgan fingerprint density at radius 1 is 1.05 bits per heavy atom. The van der Waals surface area contributed by atoms with Crippen molar-refractivity contribution in [3.8, 4) is 0 Å². The van der Waals surface area contributed by atoms with Gasteiger partial charge in [0.25, 0.3) is 0 Å². The molecule has 0 aromatic heterocycles. The second kappa shape index (κ2) is 6.71. The fraction of sp³-hybridized carbons (Fsp3) is 1.00. The number of nitrogens with zero attached hydrogens (tertiary/aromatic N) is 2. The Labute approximate surface area is 122 Å². The molecule has 1 aliphatic carbocycles. The minimum Gasteiger partial charge on any atom is -0.379 e. The van der Waals surface area contributed by atoms with Gasteiger partial charge in [0.2, 0.25) is 0 Å². The third-order valence-corrected chi connectivity index (χ3v) is 5.03. The fourth-order valence-electron chi connectivity index (χ4n) is 3.58. The van der Waals surface area contributed by atoms with Gasteiger partial charge in [0.15, 0.2) is 5.79 Å². The van der Waals surface area contributed by atoms with Crippen molar-refractivity contribution in [2.75, 3.05) is 59.7 Å². The largest absolute Gasteiger partial charge is 0.379 e. The summed E-state index contributed by atoms with van der Waals surface area (Å²) in [7, 11) is 2.26. The van der Waals surface area contributed by atoms with Crippen molar-refractivity contribution in [1.29, 1.82) is 0 Å². The van der Waals surface area contributed by atoms with Gasteiger partial charge in [-0.15, -0.1) is 0 Å². The minimum atomic E-state index is -0.221. The van der Waals surface area contributed by atoms with E-state index in [1.54, 1.807) is 0 Å². The van der Waals surface area contributed by atoms with E-state index in [2.05, 4.69) is 16.8 Å². The quantitative estimate of drug-likeness (QED) is 0.767. The summed E-state index contributed by atoms with van der Waals surface area (Å²) in [6.07, 6.45) is 4.50. The van der Waals surface area contributed by atoms with Crippen molar-refractivity contribution in [2.24, 2.45) is 0 Å². The zero-order valence-electron chi connectivity index (χ0n) is 12.7. The summed E-state index contributed by atoms with van der Waals surface area (Å²) in [6, 6.07) is 0.689. The monoisotopic (exact) mass is 284 g/mol. The van der Waals surface area contributed by atoms with E-state index < -0.39 is 0 Å². The second-order valence-corrected chi connectivity index (χ2v) is 6.27. The summed E-state index contributed by atoms with van der Waals surface area (Å²) in [5.41, 5.74) is 0. The van der Waals surface area contributed by atoms with Crippen molar-refractivity contribution in [2.45, 2.75) is 37.5 Å². The number of likely N-dealkylation sites (N-methyl/N-ethyl adjacent to an activating group) is 1. The molecule has 0 unspecified atom stereocenters. The molecule has 3 rings (SSSR count). The topological polar surface area (TPSA) is 34.2 Å². The van der Waals surface area contributed by atoms with Gasteiger partial charge < -0.3 is 19.1 Å². The highest BCUT2D eigenvalue weighted by Gasteiger charge is 2.40. The summed E-state index contributed by atoms with van der Waals surface area (Å²) in [4.78, 5) is 5.03. The fourth-order valence-corrected chi connectivity index (χ4v) is 3.58. The van der Waals surface area contributed by atoms with Crippen LogP contribution in [0.15, 0.2) is 0 Å². The Morgan fingerprint density at radius 2 is 1.70 bits per heavy atom. The van der Waals surface area contributed by atoms with E-state index in [4.69, 9.17) is 14.2 Å². The molecule has 0 amide bonds. The van der Waals surface area contributed by atoms with Crippen molar-refractivity contribution in [1.82, 2.24) is 9.80 Å². The van der Waals surface area contributed by atoms with Crippen LogP contribution in [-0.2, 0) is 14.2 Å². The number of hydrogen-bond donors (Lipinski definition) is 0. The molecule has 2 aliphatic heterocycles. The summed E-state index contributed by atoms with van der Waals surface area (Å²) < 4.78 is 17.0. The molecule has 0 N–H and O–H groups in total. The molecule has 1 spiro atoms. The lowest BCUT2D eigenvalue weighted by Gasteiger charge is -2.39. The van der Waals surface area contributed by atoms with Crippen LogP contribution in [0, 0.1) is 0 Å². The van der Waals surface area contributed by atoms with Gasteiger partial charge in [-0.25, -0.2) is 0 Å². The molecule has 3 aliphatic rings. The van der Waals surface area contributed by atoms with Crippen molar-refractivity contribution < 1.29 is 14.2 Å². The van der Waals surface area contributed by atoms with Gasteiger partial charge in [-0.05, 0) is 19.9 Å². The molecule has 2 saturated heterocycles. The Kier molecular flexibility index (Phi) is 4.94. The van der Waals surface area contributed by atoms with E-state index in [0.29, 0.717) is 6.04 Å². The van der Waals surface area contributed by atoms with Crippen LogP contribution in [0.25, 0.3) is 0 Å². The lowest BCUT2D eigenvalue weighted by Crippen LogP contribution is -2.46. The Balaban J connectivity index is 1.38. The van der Waals surface area contributed by atoms with Crippen LogP contribution in [-0.4, -0.2) is 81.3 Å². The van der Waals surface area contributed by atoms with Crippen LogP contribution < -0.4 is 0 Å². The summed E-state index contributed by atoms with van der Waals surface area (Å²) in [5.74, 6) is -0.221. The lowest BCUT2D eigenvalue weighted by atomic mass is 9.89. The first kappa shape index (κ1) is 14.7. The summed E-state index contributed by atoms with van der Waals surface area (Å²) in [5, 5.41) is 0. The number of rotatable bonds is 4. The predicted molar refractivity (Wildman–Crippen MR) is 76.8 cm³/mol. The van der Waals surface area contributed by atoms with Gasteiger partial charge in [0.05, 0.1) is 26.4 Å². The predicted octanol–water partition coefficient (Wildman–Crippen LogP) is 0.936. The van der Waals surface area contributed by atoms with Crippen molar-refractivity contribution >= 4 is 0 Å². The highest BCUT2D eigenvalue weighted by atomic mass is 16.7. The third-order valence-electron chi connectivity index (χ3n) is 5.03. The molecule has 2 heterocycles. The van der Waals surface area contributed by atoms with Crippen molar-refractivity contribution in [3.05, 3.63) is 0 Å². The molecule has 0 radical (unpaired) electrons. The maximum Gasteiger partial charge on any atom is 0.168 e. The first-order valence-corrected chi connectivity index (χ1v) is 8.06. The molecular weight excluding hydrogens is 256 g/mol. The van der Waals surface area contributed by atoms with E-state index in [1.807, 2.05) is 0 Å². The van der Waals surface area contributed by atoms with Gasteiger partial charge in [0.1, 0.15) is 0 Å². The Morgan fingerprint density at radius 3 is 2.35 bits per heavy atom. The van der Waals surface area contributed by atoms with Gasteiger partial charge >= 0.3 is 0 Å². The molecular formula is C15H28N2O3. The average molecular weight is 284 g/mol. The molecule has 0 aromatic carbocycles. The van der Waals surface area contributed by atoms with Gasteiger partial charge in [-0.1, -0.05) is 0 Å². The standard InChI is InChI=1S/C15H28N2O3/c1-16(6-7-17-8-10-18-11-9-17)14-2-4-15(5-3-14)19-12-13-20-15/h14H,2-13H2,1H3. The zero-order valence-corrected chi connectivity index (χ0v) is 12.7. The maximum absolute atomic E-state index is 5.80. The molecule has 0 aromatic rings. The highest BCUT2D eigenvalue weighted by molar-refractivity contribution is 4.86. The Hall–Kier alpha value is -0.200. The maximum atomic E-state index is 5.80.